The molecule has 0 saturated heterocycles. The molecule has 0 aromatic heterocycles. The van der Waals surface area contributed by atoms with Crippen LogP contribution < -0.4 is 10.6 Å². The Balaban J connectivity index is 2.61. The van der Waals surface area contributed by atoms with E-state index in [9.17, 15) is 14.4 Å². The Morgan fingerprint density at radius 2 is 2.00 bits per heavy atom. The summed E-state index contributed by atoms with van der Waals surface area (Å²) in [6.07, 6.45) is 0. The number of hydrogen-bond acceptors (Lipinski definition) is 4. The Bertz CT molecular complexity index is 485. The number of nitrogens with one attached hydrogen (secondary N) is 2. The number of ether oxygens (including phenoxy) is 1. The SMILES string of the molecule is CCNC(=O)COC(=O)c1cccc(NC(C)=O)c1. The lowest BCUT2D eigenvalue weighted by Gasteiger charge is -2.06. The number of carbonyl (C=O) groups is 3. The minimum absolute atomic E-state index is 0.229. The third-order valence-corrected chi connectivity index (χ3v) is 2.13. The molecule has 0 bridgehead atoms. The lowest BCUT2D eigenvalue weighted by Crippen LogP contribution is -2.28. The molecule has 0 radical (unpaired) electrons. The summed E-state index contributed by atoms with van der Waals surface area (Å²) >= 11 is 0. The second-order valence-corrected chi connectivity index (χ2v) is 3.79. The standard InChI is InChI=1S/C13H16N2O4/c1-3-14-12(17)8-19-13(18)10-5-4-6-11(7-10)15-9(2)16/h4-7H,3,8H2,1-2H3,(H,14,17)(H,15,16). The molecule has 1 aromatic carbocycles. The van der Waals surface area contributed by atoms with Crippen LogP contribution in [0.3, 0.4) is 0 Å². The number of anilines is 1. The van der Waals surface area contributed by atoms with Gasteiger partial charge in [-0.1, -0.05) is 6.07 Å². The Morgan fingerprint density at radius 3 is 2.63 bits per heavy atom. The fourth-order valence-corrected chi connectivity index (χ4v) is 1.39. The van der Waals surface area contributed by atoms with Gasteiger partial charge in [-0.15, -0.1) is 0 Å². The Labute approximate surface area is 111 Å². The van der Waals surface area contributed by atoms with E-state index in [0.717, 1.165) is 0 Å². The summed E-state index contributed by atoms with van der Waals surface area (Å²) in [6.45, 7) is 3.31. The van der Waals surface area contributed by atoms with E-state index in [4.69, 9.17) is 4.74 Å². The lowest BCUT2D eigenvalue weighted by atomic mass is 10.2. The zero-order valence-corrected chi connectivity index (χ0v) is 10.9. The summed E-state index contributed by atoms with van der Waals surface area (Å²) in [5.41, 5.74) is 0.774. The van der Waals surface area contributed by atoms with Gasteiger partial charge < -0.3 is 15.4 Å². The zero-order chi connectivity index (χ0) is 14.3. The number of likely N-dealkylation sites (N-methyl/N-ethyl adjacent to an activating group) is 1. The molecule has 0 spiro atoms. The molecule has 1 rings (SSSR count). The quantitative estimate of drug-likeness (QED) is 0.775. The number of hydrogen-bond donors (Lipinski definition) is 2. The maximum atomic E-state index is 11.7. The molecule has 0 aliphatic heterocycles. The average Bonchev–Trinajstić information content (AvgIpc) is 2.36. The van der Waals surface area contributed by atoms with Crippen LogP contribution in [0.5, 0.6) is 0 Å². The first-order valence-corrected chi connectivity index (χ1v) is 5.84. The van der Waals surface area contributed by atoms with Crippen molar-refractivity contribution in [2.45, 2.75) is 13.8 Å². The first kappa shape index (κ1) is 14.7. The molecular weight excluding hydrogens is 248 g/mol. The molecule has 6 heteroatoms. The number of rotatable bonds is 5. The molecule has 6 nitrogen and oxygen atoms in total. The van der Waals surface area contributed by atoms with Crippen LogP contribution in [0, 0.1) is 0 Å². The molecule has 2 amide bonds. The van der Waals surface area contributed by atoms with Crippen molar-refractivity contribution in [2.24, 2.45) is 0 Å². The fourth-order valence-electron chi connectivity index (χ4n) is 1.39. The predicted molar refractivity (Wildman–Crippen MR) is 69.7 cm³/mol. The Kier molecular flexibility index (Phi) is 5.53. The molecule has 102 valence electrons. The fraction of sp³-hybridized carbons (Fsp3) is 0.308. The van der Waals surface area contributed by atoms with Crippen LogP contribution in [0.2, 0.25) is 0 Å². The molecule has 0 heterocycles. The third kappa shape index (κ3) is 5.20. The maximum absolute atomic E-state index is 11.7. The molecule has 1 aromatic rings. The minimum atomic E-state index is -0.613. The van der Waals surface area contributed by atoms with E-state index in [0.29, 0.717) is 12.2 Å². The van der Waals surface area contributed by atoms with E-state index >= 15 is 0 Å². The summed E-state index contributed by atoms with van der Waals surface area (Å²) in [5.74, 6) is -1.19. The Hall–Kier alpha value is -2.37. The van der Waals surface area contributed by atoms with E-state index in [2.05, 4.69) is 10.6 Å². The van der Waals surface area contributed by atoms with Gasteiger partial charge in [-0.3, -0.25) is 9.59 Å². The molecule has 0 aliphatic carbocycles. The van der Waals surface area contributed by atoms with Crippen LogP contribution in [0.1, 0.15) is 24.2 Å². The van der Waals surface area contributed by atoms with E-state index in [1.165, 1.54) is 13.0 Å². The second kappa shape index (κ2) is 7.15. The highest BCUT2D eigenvalue weighted by atomic mass is 16.5. The maximum Gasteiger partial charge on any atom is 0.338 e. The highest BCUT2D eigenvalue weighted by Crippen LogP contribution is 2.11. The first-order valence-electron chi connectivity index (χ1n) is 5.84. The van der Waals surface area contributed by atoms with Crippen LogP contribution >= 0.6 is 0 Å². The lowest BCUT2D eigenvalue weighted by molar-refractivity contribution is -0.124. The van der Waals surface area contributed by atoms with Gasteiger partial charge in [-0.05, 0) is 25.1 Å². The average molecular weight is 264 g/mol. The van der Waals surface area contributed by atoms with Crippen molar-refractivity contribution in [2.75, 3.05) is 18.5 Å². The second-order valence-electron chi connectivity index (χ2n) is 3.79. The number of esters is 1. The minimum Gasteiger partial charge on any atom is -0.452 e. The Morgan fingerprint density at radius 1 is 1.26 bits per heavy atom. The summed E-state index contributed by atoms with van der Waals surface area (Å²) < 4.78 is 4.84. The van der Waals surface area contributed by atoms with Gasteiger partial charge in [0, 0.05) is 19.2 Å². The van der Waals surface area contributed by atoms with E-state index in [1.807, 2.05) is 0 Å². The van der Waals surface area contributed by atoms with E-state index < -0.39 is 5.97 Å². The highest BCUT2D eigenvalue weighted by Gasteiger charge is 2.10. The van der Waals surface area contributed by atoms with Gasteiger partial charge in [0.05, 0.1) is 5.56 Å². The van der Waals surface area contributed by atoms with E-state index in [-0.39, 0.29) is 24.0 Å². The van der Waals surface area contributed by atoms with Gasteiger partial charge in [-0.25, -0.2) is 4.79 Å². The summed E-state index contributed by atoms with van der Waals surface area (Å²) in [4.78, 5) is 33.7. The van der Waals surface area contributed by atoms with Crippen molar-refractivity contribution in [1.29, 1.82) is 0 Å². The molecule has 19 heavy (non-hydrogen) atoms. The van der Waals surface area contributed by atoms with Crippen molar-refractivity contribution >= 4 is 23.5 Å². The third-order valence-electron chi connectivity index (χ3n) is 2.13. The normalized spacial score (nSPS) is 9.58. The zero-order valence-electron chi connectivity index (χ0n) is 10.9. The van der Waals surface area contributed by atoms with Crippen LogP contribution in [0.15, 0.2) is 24.3 Å². The first-order chi connectivity index (χ1) is 9.02. The molecule has 0 fully saturated rings. The van der Waals surface area contributed by atoms with Crippen LogP contribution in [0.4, 0.5) is 5.69 Å². The molecule has 0 aliphatic rings. The van der Waals surface area contributed by atoms with Crippen molar-refractivity contribution in [1.82, 2.24) is 5.32 Å². The summed E-state index contributed by atoms with van der Waals surface area (Å²) in [5, 5.41) is 5.08. The van der Waals surface area contributed by atoms with Gasteiger partial charge in [0.15, 0.2) is 6.61 Å². The van der Waals surface area contributed by atoms with Crippen LogP contribution in [-0.4, -0.2) is 30.9 Å². The van der Waals surface area contributed by atoms with E-state index in [1.54, 1.807) is 25.1 Å². The monoisotopic (exact) mass is 264 g/mol. The topological polar surface area (TPSA) is 84.5 Å². The van der Waals surface area contributed by atoms with Gasteiger partial charge in [0.25, 0.3) is 5.91 Å². The molecule has 0 unspecified atom stereocenters. The van der Waals surface area contributed by atoms with Crippen LogP contribution in [-0.2, 0) is 14.3 Å². The van der Waals surface area contributed by atoms with Gasteiger partial charge >= 0.3 is 5.97 Å². The van der Waals surface area contributed by atoms with Crippen molar-refractivity contribution < 1.29 is 19.1 Å². The molecule has 2 N–H and O–H groups in total. The number of amides is 2. The number of carbonyl (C=O) groups excluding carboxylic acids is 3. The smallest absolute Gasteiger partial charge is 0.338 e. The van der Waals surface area contributed by atoms with Gasteiger partial charge in [0.2, 0.25) is 5.91 Å². The summed E-state index contributed by atoms with van der Waals surface area (Å²) in [6, 6.07) is 6.31. The largest absolute Gasteiger partial charge is 0.452 e. The van der Waals surface area contributed by atoms with Gasteiger partial charge in [0.1, 0.15) is 0 Å². The van der Waals surface area contributed by atoms with Crippen molar-refractivity contribution in [3.8, 4) is 0 Å². The predicted octanol–water partition coefficient (Wildman–Crippen LogP) is 0.938. The molecule has 0 saturated carbocycles. The van der Waals surface area contributed by atoms with Crippen molar-refractivity contribution in [3.05, 3.63) is 29.8 Å². The molecular formula is C13H16N2O4. The van der Waals surface area contributed by atoms with Crippen LogP contribution in [0.25, 0.3) is 0 Å². The number of benzene rings is 1. The highest BCUT2D eigenvalue weighted by molar-refractivity contribution is 5.94. The molecule has 0 atom stereocenters. The summed E-state index contributed by atoms with van der Waals surface area (Å²) in [7, 11) is 0. The van der Waals surface area contributed by atoms with Crippen molar-refractivity contribution in [3.63, 3.8) is 0 Å². The van der Waals surface area contributed by atoms with Gasteiger partial charge in [-0.2, -0.15) is 0 Å².